The molecule has 0 spiro atoms. The van der Waals surface area contributed by atoms with Crippen LogP contribution in [0.3, 0.4) is 0 Å². The molecule has 0 aliphatic heterocycles. The zero-order chi connectivity index (χ0) is 18.2. The Kier molecular flexibility index (Phi) is 6.77. The summed E-state index contributed by atoms with van der Waals surface area (Å²) in [7, 11) is 1.53. The first-order chi connectivity index (χ1) is 12.0. The van der Waals surface area contributed by atoms with Gasteiger partial charge < -0.3 is 15.0 Å². The van der Waals surface area contributed by atoms with Crippen LogP contribution >= 0.6 is 11.6 Å². The number of halogens is 1. The van der Waals surface area contributed by atoms with Gasteiger partial charge in [-0.2, -0.15) is 0 Å². The second-order valence-electron chi connectivity index (χ2n) is 5.34. The minimum absolute atomic E-state index is 0.0648. The topological polar surface area (TPSA) is 71.5 Å². The predicted octanol–water partition coefficient (Wildman–Crippen LogP) is 3.23. The van der Waals surface area contributed by atoms with Gasteiger partial charge in [0.2, 0.25) is 5.91 Å². The summed E-state index contributed by atoms with van der Waals surface area (Å²) in [6.45, 7) is 2.33. The molecular weight excluding hydrogens is 342 g/mol. The van der Waals surface area contributed by atoms with Crippen molar-refractivity contribution in [1.82, 2.24) is 9.88 Å². The van der Waals surface area contributed by atoms with E-state index in [9.17, 15) is 9.59 Å². The molecule has 0 unspecified atom stereocenters. The molecule has 2 amide bonds. The first-order valence-electron chi connectivity index (χ1n) is 7.88. The third-order valence-electron chi connectivity index (χ3n) is 3.47. The first kappa shape index (κ1) is 18.7. The molecule has 2 rings (SSSR count). The van der Waals surface area contributed by atoms with Gasteiger partial charge >= 0.3 is 0 Å². The van der Waals surface area contributed by atoms with Crippen molar-refractivity contribution in [3.8, 4) is 5.75 Å². The largest absolute Gasteiger partial charge is 0.495 e. The Morgan fingerprint density at radius 1 is 1.28 bits per heavy atom. The van der Waals surface area contributed by atoms with Gasteiger partial charge in [-0.1, -0.05) is 30.7 Å². The van der Waals surface area contributed by atoms with E-state index in [1.165, 1.54) is 24.3 Å². The number of carbonyl (C=O) groups excluding carboxylic acids is 2. The van der Waals surface area contributed by atoms with Crippen molar-refractivity contribution >= 4 is 29.1 Å². The summed E-state index contributed by atoms with van der Waals surface area (Å²) in [5.74, 6) is -0.00193. The quantitative estimate of drug-likeness (QED) is 0.768. The molecule has 6 nitrogen and oxygen atoms in total. The molecule has 0 fully saturated rings. The Morgan fingerprint density at radius 3 is 2.72 bits per heavy atom. The number of pyridine rings is 1. The Hall–Kier alpha value is -2.60. The van der Waals surface area contributed by atoms with Crippen molar-refractivity contribution in [1.29, 1.82) is 0 Å². The van der Waals surface area contributed by atoms with Crippen LogP contribution in [0.15, 0.2) is 42.6 Å². The predicted molar refractivity (Wildman–Crippen MR) is 97.1 cm³/mol. The van der Waals surface area contributed by atoms with Gasteiger partial charge in [-0.05, 0) is 30.7 Å². The summed E-state index contributed by atoms with van der Waals surface area (Å²) < 4.78 is 5.21. The van der Waals surface area contributed by atoms with E-state index in [0.29, 0.717) is 23.5 Å². The lowest BCUT2D eigenvalue weighted by Crippen LogP contribution is -2.38. The maximum Gasteiger partial charge on any atom is 0.254 e. The van der Waals surface area contributed by atoms with E-state index < -0.39 is 0 Å². The van der Waals surface area contributed by atoms with Crippen LogP contribution in [0.1, 0.15) is 23.7 Å². The second-order valence-corrected chi connectivity index (χ2v) is 5.73. The van der Waals surface area contributed by atoms with E-state index in [4.69, 9.17) is 16.3 Å². The zero-order valence-electron chi connectivity index (χ0n) is 14.2. The van der Waals surface area contributed by atoms with Gasteiger partial charge in [-0.3, -0.25) is 9.59 Å². The van der Waals surface area contributed by atoms with Crippen LogP contribution in [0.4, 0.5) is 5.69 Å². The molecule has 25 heavy (non-hydrogen) atoms. The number of methoxy groups -OCH3 is 1. The highest BCUT2D eigenvalue weighted by Gasteiger charge is 2.19. The molecular formula is C18H20ClN3O3. The van der Waals surface area contributed by atoms with E-state index >= 15 is 0 Å². The van der Waals surface area contributed by atoms with Crippen molar-refractivity contribution in [3.63, 3.8) is 0 Å². The van der Waals surface area contributed by atoms with Crippen LogP contribution in [0.2, 0.25) is 5.15 Å². The lowest BCUT2D eigenvalue weighted by Gasteiger charge is -2.22. The minimum atomic E-state index is -0.300. The molecule has 1 aromatic carbocycles. The number of para-hydroxylation sites is 2. The lowest BCUT2D eigenvalue weighted by atomic mass is 10.2. The number of rotatable bonds is 7. The van der Waals surface area contributed by atoms with Crippen LogP contribution in [0.25, 0.3) is 0 Å². The molecule has 7 heteroatoms. The molecule has 1 N–H and O–H groups in total. The number of carbonyl (C=O) groups is 2. The number of ether oxygens (including phenoxy) is 1. The van der Waals surface area contributed by atoms with Gasteiger partial charge in [0.15, 0.2) is 0 Å². The van der Waals surface area contributed by atoms with Gasteiger partial charge in [0.25, 0.3) is 5.91 Å². The highest BCUT2D eigenvalue weighted by molar-refractivity contribution is 6.29. The molecule has 0 radical (unpaired) electrons. The van der Waals surface area contributed by atoms with Crippen LogP contribution in [-0.2, 0) is 4.79 Å². The van der Waals surface area contributed by atoms with Crippen LogP contribution in [0, 0.1) is 0 Å². The van der Waals surface area contributed by atoms with Gasteiger partial charge in [0, 0.05) is 18.3 Å². The second kappa shape index (κ2) is 9.03. The van der Waals surface area contributed by atoms with Gasteiger partial charge in [0.1, 0.15) is 17.4 Å². The van der Waals surface area contributed by atoms with Gasteiger partial charge in [-0.25, -0.2) is 4.98 Å². The maximum absolute atomic E-state index is 12.6. The van der Waals surface area contributed by atoms with Crippen molar-refractivity contribution in [2.24, 2.45) is 0 Å². The van der Waals surface area contributed by atoms with E-state index in [1.807, 2.05) is 13.0 Å². The smallest absolute Gasteiger partial charge is 0.254 e. The fourth-order valence-corrected chi connectivity index (χ4v) is 2.53. The average molecular weight is 362 g/mol. The molecule has 0 aliphatic rings. The summed E-state index contributed by atoms with van der Waals surface area (Å²) in [6.07, 6.45) is 2.20. The monoisotopic (exact) mass is 361 g/mol. The molecule has 0 saturated heterocycles. The van der Waals surface area contributed by atoms with Crippen molar-refractivity contribution in [2.45, 2.75) is 13.3 Å². The minimum Gasteiger partial charge on any atom is -0.495 e. The van der Waals surface area contributed by atoms with E-state index in [1.54, 1.807) is 24.3 Å². The third-order valence-corrected chi connectivity index (χ3v) is 3.68. The number of hydrogen-bond acceptors (Lipinski definition) is 4. The molecule has 132 valence electrons. The molecule has 0 atom stereocenters. The average Bonchev–Trinajstić information content (AvgIpc) is 2.61. The van der Waals surface area contributed by atoms with Crippen molar-refractivity contribution < 1.29 is 14.3 Å². The SMILES string of the molecule is CCCN(CC(=O)Nc1ccccc1OC)C(=O)c1ccnc(Cl)c1. The summed E-state index contributed by atoms with van der Waals surface area (Å²) in [4.78, 5) is 30.3. The summed E-state index contributed by atoms with van der Waals surface area (Å²) in [5.41, 5.74) is 0.962. The number of anilines is 1. The highest BCUT2D eigenvalue weighted by atomic mass is 35.5. The lowest BCUT2D eigenvalue weighted by molar-refractivity contribution is -0.116. The first-order valence-corrected chi connectivity index (χ1v) is 8.26. The number of nitrogens with zero attached hydrogens (tertiary/aromatic N) is 2. The maximum atomic E-state index is 12.6. The van der Waals surface area contributed by atoms with Crippen molar-refractivity contribution in [3.05, 3.63) is 53.3 Å². The number of amides is 2. The molecule has 1 heterocycles. The zero-order valence-corrected chi connectivity index (χ0v) is 14.9. The Balaban J connectivity index is 2.10. The molecule has 0 bridgehead atoms. The molecule has 0 saturated carbocycles. The fourth-order valence-electron chi connectivity index (χ4n) is 2.35. The normalized spacial score (nSPS) is 10.2. The van der Waals surface area contributed by atoms with Crippen LogP contribution in [-0.4, -0.2) is 41.9 Å². The Labute approximate surface area is 151 Å². The standard InChI is InChI=1S/C18H20ClN3O3/c1-3-10-22(18(24)13-8-9-20-16(19)11-13)12-17(23)21-14-6-4-5-7-15(14)25-2/h4-9,11H,3,10,12H2,1-2H3,(H,21,23). The molecule has 2 aromatic rings. The molecule has 0 aliphatic carbocycles. The Bertz CT molecular complexity index is 752. The van der Waals surface area contributed by atoms with E-state index in [-0.39, 0.29) is 23.5 Å². The number of hydrogen-bond donors (Lipinski definition) is 1. The van der Waals surface area contributed by atoms with Gasteiger partial charge in [-0.15, -0.1) is 0 Å². The van der Waals surface area contributed by atoms with Gasteiger partial charge in [0.05, 0.1) is 12.8 Å². The summed E-state index contributed by atoms with van der Waals surface area (Å²) in [6, 6.07) is 10.2. The van der Waals surface area contributed by atoms with Crippen LogP contribution < -0.4 is 10.1 Å². The number of nitrogens with one attached hydrogen (secondary N) is 1. The number of aromatic nitrogens is 1. The summed E-state index contributed by atoms with van der Waals surface area (Å²) >= 11 is 5.84. The third kappa shape index (κ3) is 5.19. The van der Waals surface area contributed by atoms with E-state index in [0.717, 1.165) is 6.42 Å². The highest BCUT2D eigenvalue weighted by Crippen LogP contribution is 2.23. The number of benzene rings is 1. The van der Waals surface area contributed by atoms with Crippen molar-refractivity contribution in [2.75, 3.05) is 25.5 Å². The Morgan fingerprint density at radius 2 is 2.04 bits per heavy atom. The summed E-state index contributed by atoms with van der Waals surface area (Å²) in [5, 5.41) is 3.01. The van der Waals surface area contributed by atoms with E-state index in [2.05, 4.69) is 10.3 Å². The fraction of sp³-hybridized carbons (Fsp3) is 0.278. The molecule has 1 aromatic heterocycles. The van der Waals surface area contributed by atoms with Crippen LogP contribution in [0.5, 0.6) is 5.75 Å².